The van der Waals surface area contributed by atoms with Gasteiger partial charge in [0.2, 0.25) is 5.89 Å². The third-order valence-corrected chi connectivity index (χ3v) is 5.33. The van der Waals surface area contributed by atoms with Crippen molar-refractivity contribution < 1.29 is 9.26 Å². The van der Waals surface area contributed by atoms with Crippen LogP contribution in [-0.2, 0) is 30.7 Å². The van der Waals surface area contributed by atoms with Crippen LogP contribution < -0.4 is 0 Å². The molecule has 1 N–H and O–H groups in total. The Labute approximate surface area is 148 Å². The van der Waals surface area contributed by atoms with E-state index >= 15 is 0 Å². The van der Waals surface area contributed by atoms with Crippen molar-refractivity contribution in [3.63, 3.8) is 0 Å². The lowest BCUT2D eigenvalue weighted by Crippen LogP contribution is -2.34. The van der Waals surface area contributed by atoms with Crippen molar-refractivity contribution in [2.75, 3.05) is 19.7 Å². The quantitative estimate of drug-likeness (QED) is 0.896. The van der Waals surface area contributed by atoms with Gasteiger partial charge in [0.15, 0.2) is 5.82 Å². The molecule has 25 heavy (non-hydrogen) atoms. The van der Waals surface area contributed by atoms with E-state index < -0.39 is 0 Å². The Morgan fingerprint density at radius 2 is 2.12 bits per heavy atom. The molecule has 0 amide bonds. The fourth-order valence-corrected chi connectivity index (χ4v) is 3.69. The molecule has 0 atom stereocenters. The molecule has 7 nitrogen and oxygen atoms in total. The molecule has 4 heterocycles. The fourth-order valence-electron chi connectivity index (χ4n) is 3.69. The molecule has 7 heteroatoms. The van der Waals surface area contributed by atoms with E-state index in [9.17, 15) is 0 Å². The summed E-state index contributed by atoms with van der Waals surface area (Å²) in [5, 5.41) is 11.8. The van der Waals surface area contributed by atoms with Crippen LogP contribution in [0.1, 0.15) is 61.3 Å². The van der Waals surface area contributed by atoms with Gasteiger partial charge in [-0.1, -0.05) is 19.0 Å². The Morgan fingerprint density at radius 1 is 1.28 bits per heavy atom. The summed E-state index contributed by atoms with van der Waals surface area (Å²) in [5.41, 5.74) is 3.69. The molecule has 0 saturated carbocycles. The molecule has 1 saturated heterocycles. The number of nitrogens with one attached hydrogen (secondary N) is 1. The predicted molar refractivity (Wildman–Crippen MR) is 92.0 cm³/mol. The van der Waals surface area contributed by atoms with E-state index in [1.54, 1.807) is 0 Å². The van der Waals surface area contributed by atoms with Gasteiger partial charge in [-0.05, 0) is 31.8 Å². The summed E-state index contributed by atoms with van der Waals surface area (Å²) in [4.78, 5) is 7.01. The summed E-state index contributed by atoms with van der Waals surface area (Å²) >= 11 is 0. The minimum atomic E-state index is 0.322. The highest BCUT2D eigenvalue weighted by molar-refractivity contribution is 5.26. The molecule has 0 unspecified atom stereocenters. The number of nitrogens with zero attached hydrogens (tertiary/aromatic N) is 4. The average molecular weight is 345 g/mol. The highest BCUT2D eigenvalue weighted by Crippen LogP contribution is 2.25. The van der Waals surface area contributed by atoms with Crippen molar-refractivity contribution in [3.05, 3.63) is 28.7 Å². The van der Waals surface area contributed by atoms with Crippen LogP contribution in [-0.4, -0.2) is 44.9 Å². The summed E-state index contributed by atoms with van der Waals surface area (Å²) in [6, 6.07) is 0. The Kier molecular flexibility index (Phi) is 4.85. The van der Waals surface area contributed by atoms with E-state index in [4.69, 9.17) is 9.26 Å². The minimum Gasteiger partial charge on any atom is -0.376 e. The average Bonchev–Trinajstić information content (AvgIpc) is 3.24. The van der Waals surface area contributed by atoms with E-state index in [1.807, 2.05) is 0 Å². The standard InChI is InChI=1S/C18H27N5O2/c1-12(2)18-19-17(25-22-18)9-13-3-6-23(7-4-13)10-16-14-11-24-8-5-15(14)20-21-16/h12-13H,3-11H2,1-2H3,(H,20,21). The third kappa shape index (κ3) is 3.77. The zero-order valence-corrected chi connectivity index (χ0v) is 15.1. The van der Waals surface area contributed by atoms with Crippen molar-refractivity contribution in [2.24, 2.45) is 5.92 Å². The number of H-pyrrole nitrogens is 1. The molecule has 2 aromatic rings. The van der Waals surface area contributed by atoms with Crippen molar-refractivity contribution >= 4 is 0 Å². The van der Waals surface area contributed by atoms with E-state index in [0.29, 0.717) is 18.4 Å². The van der Waals surface area contributed by atoms with Crippen molar-refractivity contribution in [1.29, 1.82) is 0 Å². The normalized spacial score (nSPS) is 19.5. The first-order valence-corrected chi connectivity index (χ1v) is 9.36. The van der Waals surface area contributed by atoms with Gasteiger partial charge < -0.3 is 9.26 Å². The zero-order chi connectivity index (χ0) is 17.2. The summed E-state index contributed by atoms with van der Waals surface area (Å²) in [6.07, 6.45) is 4.19. The molecular weight excluding hydrogens is 318 g/mol. The van der Waals surface area contributed by atoms with Gasteiger partial charge in [0.25, 0.3) is 0 Å². The van der Waals surface area contributed by atoms with Crippen molar-refractivity contribution in [2.45, 2.75) is 58.6 Å². The van der Waals surface area contributed by atoms with Crippen molar-refractivity contribution in [3.8, 4) is 0 Å². The second kappa shape index (κ2) is 7.25. The van der Waals surface area contributed by atoms with Crippen LogP contribution in [0.3, 0.4) is 0 Å². The Morgan fingerprint density at radius 3 is 2.88 bits per heavy atom. The van der Waals surface area contributed by atoms with E-state index in [0.717, 1.165) is 56.5 Å². The molecule has 0 aromatic carbocycles. The molecule has 2 aliphatic heterocycles. The maximum Gasteiger partial charge on any atom is 0.226 e. The third-order valence-electron chi connectivity index (χ3n) is 5.33. The summed E-state index contributed by atoms with van der Waals surface area (Å²) < 4.78 is 11.0. The zero-order valence-electron chi connectivity index (χ0n) is 15.1. The second-order valence-electron chi connectivity index (χ2n) is 7.55. The predicted octanol–water partition coefficient (Wildman–Crippen LogP) is 2.44. The van der Waals surface area contributed by atoms with Crippen LogP contribution in [0, 0.1) is 5.92 Å². The molecule has 4 rings (SSSR count). The lowest BCUT2D eigenvalue weighted by atomic mass is 9.93. The number of piperidine rings is 1. The number of fused-ring (bicyclic) bond motifs is 1. The molecular formula is C18H27N5O2. The van der Waals surface area contributed by atoms with Crippen LogP contribution in [0.15, 0.2) is 4.52 Å². The molecule has 0 bridgehead atoms. The first kappa shape index (κ1) is 16.7. The Bertz CT molecular complexity index is 700. The largest absolute Gasteiger partial charge is 0.376 e. The van der Waals surface area contributed by atoms with Crippen LogP contribution in [0.4, 0.5) is 0 Å². The van der Waals surface area contributed by atoms with Gasteiger partial charge in [-0.15, -0.1) is 0 Å². The summed E-state index contributed by atoms with van der Waals surface area (Å²) in [5.74, 6) is 2.56. The lowest BCUT2D eigenvalue weighted by Gasteiger charge is -2.31. The first-order valence-electron chi connectivity index (χ1n) is 9.36. The molecule has 2 aliphatic rings. The molecule has 136 valence electrons. The smallest absolute Gasteiger partial charge is 0.226 e. The molecule has 0 spiro atoms. The molecule has 2 aromatic heterocycles. The van der Waals surface area contributed by atoms with E-state index in [2.05, 4.69) is 39.1 Å². The van der Waals surface area contributed by atoms with Gasteiger partial charge in [-0.2, -0.15) is 10.1 Å². The topological polar surface area (TPSA) is 80.1 Å². The Balaban J connectivity index is 1.29. The molecule has 0 radical (unpaired) electrons. The SMILES string of the molecule is CC(C)c1noc(CC2CCN(Cc3n[nH]c4c3COCC4)CC2)n1. The monoisotopic (exact) mass is 345 g/mol. The maximum atomic E-state index is 5.58. The first-order chi connectivity index (χ1) is 12.2. The van der Waals surface area contributed by atoms with Crippen LogP contribution in [0.5, 0.6) is 0 Å². The van der Waals surface area contributed by atoms with E-state index in [-0.39, 0.29) is 0 Å². The number of likely N-dealkylation sites (tertiary alicyclic amines) is 1. The number of aromatic nitrogens is 4. The highest BCUT2D eigenvalue weighted by Gasteiger charge is 2.24. The number of aromatic amines is 1. The van der Waals surface area contributed by atoms with Crippen LogP contribution in [0.25, 0.3) is 0 Å². The van der Waals surface area contributed by atoms with Crippen molar-refractivity contribution in [1.82, 2.24) is 25.2 Å². The van der Waals surface area contributed by atoms with Gasteiger partial charge in [0.05, 0.1) is 18.9 Å². The molecule has 1 fully saturated rings. The van der Waals surface area contributed by atoms with Gasteiger partial charge in [0.1, 0.15) is 0 Å². The second-order valence-corrected chi connectivity index (χ2v) is 7.55. The van der Waals surface area contributed by atoms with Gasteiger partial charge in [-0.25, -0.2) is 0 Å². The van der Waals surface area contributed by atoms with Gasteiger partial charge in [0, 0.05) is 36.6 Å². The van der Waals surface area contributed by atoms with Gasteiger partial charge in [-0.3, -0.25) is 10.00 Å². The Hall–Kier alpha value is -1.73. The fraction of sp³-hybridized carbons (Fsp3) is 0.722. The van der Waals surface area contributed by atoms with E-state index in [1.165, 1.54) is 24.1 Å². The number of rotatable bonds is 5. The maximum absolute atomic E-state index is 5.58. The molecule has 0 aliphatic carbocycles. The lowest BCUT2D eigenvalue weighted by molar-refractivity contribution is 0.108. The number of hydrogen-bond acceptors (Lipinski definition) is 6. The van der Waals surface area contributed by atoms with Crippen LogP contribution >= 0.6 is 0 Å². The highest BCUT2D eigenvalue weighted by atomic mass is 16.5. The van der Waals surface area contributed by atoms with Crippen LogP contribution in [0.2, 0.25) is 0 Å². The summed E-state index contributed by atoms with van der Waals surface area (Å²) in [7, 11) is 0. The summed E-state index contributed by atoms with van der Waals surface area (Å²) in [6.45, 7) is 8.79. The minimum absolute atomic E-state index is 0.322. The number of hydrogen-bond donors (Lipinski definition) is 1. The number of ether oxygens (including phenoxy) is 1. The van der Waals surface area contributed by atoms with Gasteiger partial charge >= 0.3 is 0 Å².